The van der Waals surface area contributed by atoms with Gasteiger partial charge >= 0.3 is 5.97 Å². The third kappa shape index (κ3) is 4.78. The van der Waals surface area contributed by atoms with Gasteiger partial charge in [-0.15, -0.1) is 0 Å². The number of ether oxygens (including phenoxy) is 5. The van der Waals surface area contributed by atoms with Crippen molar-refractivity contribution >= 4 is 14.3 Å². The predicted molar refractivity (Wildman–Crippen MR) is 110 cm³/mol. The average Bonchev–Trinajstić information content (AvgIpc) is 3.13. The minimum Gasteiger partial charge on any atom is -0.466 e. The lowest BCUT2D eigenvalue weighted by molar-refractivity contribution is -0.167. The predicted octanol–water partition coefficient (Wildman–Crippen LogP) is 3.18. The van der Waals surface area contributed by atoms with Crippen LogP contribution in [0, 0.1) is 0 Å². The number of methoxy groups -OCH3 is 1. The monoisotopic (exact) mass is 428 g/mol. The molecular weight excluding hydrogens is 392 g/mol. The van der Waals surface area contributed by atoms with E-state index < -0.39 is 25.7 Å². The van der Waals surface area contributed by atoms with Gasteiger partial charge in [0.25, 0.3) is 0 Å². The Morgan fingerprint density at radius 3 is 2.41 bits per heavy atom. The highest BCUT2D eigenvalue weighted by Gasteiger charge is 2.58. The van der Waals surface area contributed by atoms with E-state index in [1.807, 2.05) is 13.8 Å². The number of hydrogen-bond acceptors (Lipinski definition) is 7. The van der Waals surface area contributed by atoms with E-state index in [1.165, 1.54) is 13.2 Å². The van der Waals surface area contributed by atoms with Crippen molar-refractivity contribution in [2.75, 3.05) is 20.3 Å². The van der Waals surface area contributed by atoms with Gasteiger partial charge in [0.05, 0.1) is 26.4 Å². The van der Waals surface area contributed by atoms with E-state index >= 15 is 0 Å². The van der Waals surface area contributed by atoms with E-state index in [0.29, 0.717) is 19.6 Å². The van der Waals surface area contributed by atoms with Crippen molar-refractivity contribution in [2.45, 2.75) is 95.0 Å². The Morgan fingerprint density at radius 2 is 1.79 bits per heavy atom. The number of rotatable bonds is 5. The Balaban J connectivity index is 1.82. The molecule has 0 radical (unpaired) electrons. The molecule has 0 unspecified atom stereocenters. The lowest BCUT2D eigenvalue weighted by Gasteiger charge is -2.39. The second kappa shape index (κ2) is 7.73. The van der Waals surface area contributed by atoms with Crippen LogP contribution in [0.2, 0.25) is 18.1 Å². The fourth-order valence-corrected chi connectivity index (χ4v) is 4.87. The Morgan fingerprint density at radius 1 is 1.14 bits per heavy atom. The molecule has 0 spiro atoms. The second-order valence-corrected chi connectivity index (χ2v) is 15.1. The number of hydrogen-bond donors (Lipinski definition) is 0. The summed E-state index contributed by atoms with van der Waals surface area (Å²) in [5, 5.41) is 0.0691. The van der Waals surface area contributed by atoms with E-state index in [4.69, 9.17) is 28.1 Å². The maximum absolute atomic E-state index is 11.8. The van der Waals surface area contributed by atoms with Gasteiger partial charge in [0.2, 0.25) is 0 Å². The smallest absolute Gasteiger partial charge is 0.330 e. The van der Waals surface area contributed by atoms with Crippen molar-refractivity contribution in [3.8, 4) is 0 Å². The van der Waals surface area contributed by atoms with Crippen LogP contribution in [-0.2, 0) is 32.9 Å². The van der Waals surface area contributed by atoms with E-state index in [0.717, 1.165) is 0 Å². The molecule has 3 heterocycles. The normalized spacial score (nSPS) is 36.8. The van der Waals surface area contributed by atoms with Crippen molar-refractivity contribution in [3.63, 3.8) is 0 Å². The van der Waals surface area contributed by atoms with Crippen LogP contribution in [0.25, 0.3) is 0 Å². The highest BCUT2D eigenvalue weighted by Crippen LogP contribution is 2.45. The van der Waals surface area contributed by atoms with Crippen LogP contribution in [0.1, 0.15) is 41.0 Å². The molecule has 0 bridgehead atoms. The van der Waals surface area contributed by atoms with Crippen molar-refractivity contribution < 1.29 is 32.9 Å². The van der Waals surface area contributed by atoms with Crippen LogP contribution in [0.3, 0.4) is 0 Å². The minimum absolute atomic E-state index is 0.0691. The van der Waals surface area contributed by atoms with Gasteiger partial charge in [0.1, 0.15) is 23.9 Å². The second-order valence-electron chi connectivity index (χ2n) is 10.3. The Bertz CT molecular complexity index is 654. The maximum Gasteiger partial charge on any atom is 0.330 e. The first-order chi connectivity index (χ1) is 13.3. The zero-order chi connectivity index (χ0) is 21.7. The summed E-state index contributed by atoms with van der Waals surface area (Å²) < 4.78 is 36.0. The van der Waals surface area contributed by atoms with Crippen LogP contribution in [0.4, 0.5) is 0 Å². The topological polar surface area (TPSA) is 72.5 Å². The van der Waals surface area contributed by atoms with Gasteiger partial charge < -0.3 is 28.1 Å². The largest absolute Gasteiger partial charge is 0.466 e. The summed E-state index contributed by atoms with van der Waals surface area (Å²) in [4.78, 5) is 11.8. The summed E-state index contributed by atoms with van der Waals surface area (Å²) in [5.41, 5.74) is -0.774. The highest BCUT2D eigenvalue weighted by atomic mass is 28.4. The lowest BCUT2D eigenvalue weighted by atomic mass is 9.94. The number of carbonyl (C=O) groups excluding carboxylic acids is 1. The molecule has 0 aromatic carbocycles. The molecule has 3 aliphatic rings. The molecule has 3 fully saturated rings. The SMILES string of the molecule is COC(=O)/C=C/[C@]1(CO[Si](C)(C)C(C)(C)C)C[C@H]2OC[C@@H]3OC(C)(C)O[C@@H]3[C@H]2O1. The molecule has 3 aliphatic heterocycles. The van der Waals surface area contributed by atoms with Crippen LogP contribution >= 0.6 is 0 Å². The summed E-state index contributed by atoms with van der Waals surface area (Å²) in [6, 6.07) is 0. The Kier molecular flexibility index (Phi) is 6.10. The van der Waals surface area contributed by atoms with Gasteiger partial charge in [0, 0.05) is 12.5 Å². The van der Waals surface area contributed by atoms with E-state index in [-0.39, 0.29) is 29.5 Å². The Hall–Kier alpha value is -0.773. The molecule has 0 amide bonds. The summed E-state index contributed by atoms with van der Waals surface area (Å²) in [6.45, 7) is 15.6. The molecule has 0 aromatic heterocycles. The van der Waals surface area contributed by atoms with E-state index in [2.05, 4.69) is 33.9 Å². The first-order valence-corrected chi connectivity index (χ1v) is 13.2. The van der Waals surface area contributed by atoms with Gasteiger partial charge in [-0.25, -0.2) is 4.79 Å². The quantitative estimate of drug-likeness (QED) is 0.378. The fourth-order valence-electron chi connectivity index (χ4n) is 3.83. The van der Waals surface area contributed by atoms with Crippen LogP contribution in [-0.4, -0.2) is 70.4 Å². The molecule has 8 heteroatoms. The molecule has 0 N–H and O–H groups in total. The number of fused-ring (bicyclic) bond motifs is 3. The fraction of sp³-hybridized carbons (Fsp3) is 0.857. The van der Waals surface area contributed by atoms with Gasteiger partial charge in [0.15, 0.2) is 14.1 Å². The Labute approximate surface area is 175 Å². The summed E-state index contributed by atoms with van der Waals surface area (Å²) in [7, 11) is -0.648. The summed E-state index contributed by atoms with van der Waals surface area (Å²) in [6.07, 6.45) is 2.99. The first-order valence-electron chi connectivity index (χ1n) is 10.3. The van der Waals surface area contributed by atoms with Gasteiger partial charge in [-0.3, -0.25) is 0 Å². The van der Waals surface area contributed by atoms with Crippen LogP contribution in [0.5, 0.6) is 0 Å². The molecular formula is C21H36O7Si. The van der Waals surface area contributed by atoms with Crippen molar-refractivity contribution in [2.24, 2.45) is 0 Å². The molecule has 7 nitrogen and oxygen atoms in total. The highest BCUT2D eigenvalue weighted by molar-refractivity contribution is 6.74. The van der Waals surface area contributed by atoms with E-state index in [9.17, 15) is 4.79 Å². The van der Waals surface area contributed by atoms with Crippen LogP contribution < -0.4 is 0 Å². The first kappa shape index (κ1) is 22.9. The molecule has 3 saturated heterocycles. The molecule has 0 aromatic rings. The van der Waals surface area contributed by atoms with Gasteiger partial charge in [-0.1, -0.05) is 20.8 Å². The summed E-state index contributed by atoms with van der Waals surface area (Å²) in [5.74, 6) is -1.09. The van der Waals surface area contributed by atoms with Gasteiger partial charge in [-0.2, -0.15) is 0 Å². The molecule has 5 atom stereocenters. The number of carbonyl (C=O) groups is 1. The van der Waals surface area contributed by atoms with Crippen molar-refractivity contribution in [1.82, 2.24) is 0 Å². The summed E-state index contributed by atoms with van der Waals surface area (Å²) >= 11 is 0. The standard InChI is InChI=1S/C21H36O7Si/c1-19(2,3)29(7,8)25-13-21(10-9-16(22)23-6)11-14-17(28-21)18-15(12-24-14)26-20(4,5)27-18/h9-10,14-15,17-18H,11-13H2,1-8H3/b10-9+/t14-,15+,17+,18+,21-/m1/s1. The molecule has 29 heavy (non-hydrogen) atoms. The lowest BCUT2D eigenvalue weighted by Crippen LogP contribution is -2.50. The molecule has 0 aliphatic carbocycles. The molecule has 3 rings (SSSR count). The molecule has 166 valence electrons. The van der Waals surface area contributed by atoms with Gasteiger partial charge in [-0.05, 0) is 38.1 Å². The van der Waals surface area contributed by atoms with Crippen LogP contribution in [0.15, 0.2) is 12.2 Å². The van der Waals surface area contributed by atoms with Crippen molar-refractivity contribution in [3.05, 3.63) is 12.2 Å². The minimum atomic E-state index is -2.01. The molecule has 0 saturated carbocycles. The van der Waals surface area contributed by atoms with Crippen molar-refractivity contribution in [1.29, 1.82) is 0 Å². The van der Waals surface area contributed by atoms with E-state index in [1.54, 1.807) is 6.08 Å². The number of esters is 1. The average molecular weight is 429 g/mol. The third-order valence-electron chi connectivity index (χ3n) is 6.51. The maximum atomic E-state index is 11.8. The zero-order valence-electron chi connectivity index (χ0n) is 18.9. The zero-order valence-corrected chi connectivity index (χ0v) is 19.9. The third-order valence-corrected chi connectivity index (χ3v) is 11.0.